The molecule has 0 radical (unpaired) electrons. The molecule has 6 heteroatoms. The van der Waals surface area contributed by atoms with Gasteiger partial charge in [-0.1, -0.05) is 18.2 Å². The summed E-state index contributed by atoms with van der Waals surface area (Å²) >= 11 is 1.33. The maximum absolute atomic E-state index is 12.8. The van der Waals surface area contributed by atoms with Gasteiger partial charge >= 0.3 is 0 Å². The number of fused-ring (bicyclic) bond motifs is 1. The lowest BCUT2D eigenvalue weighted by molar-refractivity contribution is 0.429. The second-order valence-corrected chi connectivity index (χ2v) is 10.2. The Balaban J connectivity index is 1.65. The zero-order valence-corrected chi connectivity index (χ0v) is 15.4. The number of hydrogen-bond acceptors (Lipinski definition) is 3. The molecule has 2 aromatic heterocycles. The standard InChI is InChI=1S/C18H20N2O2S2/c1-13-7-8-17(23-13)24(21,22)20(2)12-18(9-10-18)15-11-19-16-6-4-3-5-14(15)16/h3-8,11,19H,9-10,12H2,1-2H3. The zero-order valence-electron chi connectivity index (χ0n) is 13.7. The normalized spacial score (nSPS) is 16.8. The fraction of sp³-hybridized carbons (Fsp3) is 0.333. The summed E-state index contributed by atoms with van der Waals surface area (Å²) in [6.45, 7) is 2.45. The van der Waals surface area contributed by atoms with E-state index >= 15 is 0 Å². The summed E-state index contributed by atoms with van der Waals surface area (Å²) in [5.41, 5.74) is 2.29. The Labute approximate surface area is 146 Å². The van der Waals surface area contributed by atoms with Crippen molar-refractivity contribution in [2.75, 3.05) is 13.6 Å². The molecule has 0 saturated heterocycles. The second kappa shape index (κ2) is 5.44. The summed E-state index contributed by atoms with van der Waals surface area (Å²) in [5, 5.41) is 1.20. The molecule has 0 bridgehead atoms. The Morgan fingerprint density at radius 3 is 2.62 bits per heavy atom. The lowest BCUT2D eigenvalue weighted by atomic mass is 9.95. The monoisotopic (exact) mass is 360 g/mol. The van der Waals surface area contributed by atoms with E-state index in [1.54, 1.807) is 13.1 Å². The van der Waals surface area contributed by atoms with Gasteiger partial charge in [0.15, 0.2) is 0 Å². The Morgan fingerprint density at radius 1 is 1.21 bits per heavy atom. The third kappa shape index (κ3) is 2.49. The highest BCUT2D eigenvalue weighted by atomic mass is 32.2. The summed E-state index contributed by atoms with van der Waals surface area (Å²) in [6, 6.07) is 11.8. The van der Waals surface area contributed by atoms with E-state index in [1.165, 1.54) is 26.6 Å². The van der Waals surface area contributed by atoms with Crippen LogP contribution in [0, 0.1) is 6.92 Å². The van der Waals surface area contributed by atoms with Crippen LogP contribution in [0.25, 0.3) is 10.9 Å². The van der Waals surface area contributed by atoms with Gasteiger partial charge in [-0.25, -0.2) is 8.42 Å². The van der Waals surface area contributed by atoms with Gasteiger partial charge in [-0.2, -0.15) is 4.31 Å². The molecule has 126 valence electrons. The Bertz CT molecular complexity index is 997. The number of nitrogens with one attached hydrogen (secondary N) is 1. The van der Waals surface area contributed by atoms with Crippen LogP contribution in [0.1, 0.15) is 23.3 Å². The van der Waals surface area contributed by atoms with E-state index in [0.717, 1.165) is 23.2 Å². The van der Waals surface area contributed by atoms with Crippen molar-refractivity contribution in [1.29, 1.82) is 0 Å². The summed E-state index contributed by atoms with van der Waals surface area (Å²) in [5.74, 6) is 0. The molecular formula is C18H20N2O2S2. The van der Waals surface area contributed by atoms with Crippen molar-refractivity contribution in [3.05, 3.63) is 53.0 Å². The van der Waals surface area contributed by atoms with E-state index in [1.807, 2.05) is 31.3 Å². The van der Waals surface area contributed by atoms with E-state index < -0.39 is 10.0 Å². The molecule has 4 rings (SSSR count). The molecule has 0 amide bonds. The highest BCUT2D eigenvalue weighted by Gasteiger charge is 2.48. The van der Waals surface area contributed by atoms with Crippen LogP contribution in [0.2, 0.25) is 0 Å². The molecule has 2 heterocycles. The van der Waals surface area contributed by atoms with Gasteiger partial charge in [0.2, 0.25) is 0 Å². The van der Waals surface area contributed by atoms with Crippen LogP contribution < -0.4 is 0 Å². The molecule has 3 aromatic rings. The Kier molecular flexibility index (Phi) is 3.60. The molecule has 1 fully saturated rings. The van der Waals surface area contributed by atoms with Gasteiger partial charge in [0.05, 0.1) is 0 Å². The van der Waals surface area contributed by atoms with Gasteiger partial charge in [-0.3, -0.25) is 0 Å². The molecule has 1 saturated carbocycles. The third-order valence-electron chi connectivity index (χ3n) is 4.92. The molecular weight excluding hydrogens is 340 g/mol. The van der Waals surface area contributed by atoms with Crippen LogP contribution in [0.5, 0.6) is 0 Å². The maximum Gasteiger partial charge on any atom is 0.252 e. The van der Waals surface area contributed by atoms with E-state index in [2.05, 4.69) is 17.1 Å². The van der Waals surface area contributed by atoms with Crippen molar-refractivity contribution in [1.82, 2.24) is 9.29 Å². The van der Waals surface area contributed by atoms with Crippen LogP contribution in [0.3, 0.4) is 0 Å². The van der Waals surface area contributed by atoms with Crippen molar-refractivity contribution < 1.29 is 8.42 Å². The van der Waals surface area contributed by atoms with Gasteiger partial charge in [-0.15, -0.1) is 11.3 Å². The number of aryl methyl sites for hydroxylation is 1. The SMILES string of the molecule is Cc1ccc(S(=O)(=O)N(C)CC2(c3c[nH]c4ccccc34)CC2)s1. The van der Waals surface area contributed by atoms with Gasteiger partial charge in [-0.05, 0) is 43.5 Å². The molecule has 1 aliphatic rings. The molecule has 4 nitrogen and oxygen atoms in total. The topological polar surface area (TPSA) is 53.2 Å². The summed E-state index contributed by atoms with van der Waals surface area (Å²) in [4.78, 5) is 4.33. The molecule has 1 aliphatic carbocycles. The highest BCUT2D eigenvalue weighted by molar-refractivity contribution is 7.91. The number of aromatic nitrogens is 1. The van der Waals surface area contributed by atoms with Gasteiger partial charge in [0, 0.05) is 41.0 Å². The minimum Gasteiger partial charge on any atom is -0.361 e. The van der Waals surface area contributed by atoms with Crippen molar-refractivity contribution in [2.45, 2.75) is 29.4 Å². The zero-order chi connectivity index (χ0) is 16.9. The van der Waals surface area contributed by atoms with E-state index in [9.17, 15) is 8.42 Å². The van der Waals surface area contributed by atoms with Crippen molar-refractivity contribution in [2.24, 2.45) is 0 Å². The molecule has 0 spiro atoms. The predicted molar refractivity (Wildman–Crippen MR) is 98.1 cm³/mol. The number of likely N-dealkylation sites (N-methyl/N-ethyl adjacent to an activating group) is 1. The quantitative estimate of drug-likeness (QED) is 0.750. The minimum atomic E-state index is -3.41. The number of aromatic amines is 1. The molecule has 0 atom stereocenters. The number of benzene rings is 1. The van der Waals surface area contributed by atoms with E-state index in [4.69, 9.17) is 0 Å². The maximum atomic E-state index is 12.8. The van der Waals surface area contributed by atoms with Crippen LogP contribution >= 0.6 is 11.3 Å². The third-order valence-corrected chi connectivity index (χ3v) is 8.19. The number of H-pyrrole nitrogens is 1. The second-order valence-electron chi connectivity index (χ2n) is 6.65. The average Bonchev–Trinajstić information content (AvgIpc) is 2.99. The van der Waals surface area contributed by atoms with Crippen LogP contribution in [-0.4, -0.2) is 31.3 Å². The first kappa shape index (κ1) is 15.9. The number of thiophene rings is 1. The van der Waals surface area contributed by atoms with Crippen LogP contribution in [0.4, 0.5) is 0 Å². The summed E-state index contributed by atoms with van der Waals surface area (Å²) < 4.78 is 27.6. The lowest BCUT2D eigenvalue weighted by Gasteiger charge is -2.23. The van der Waals surface area contributed by atoms with Crippen LogP contribution in [-0.2, 0) is 15.4 Å². The van der Waals surface area contributed by atoms with Crippen molar-refractivity contribution in [3.63, 3.8) is 0 Å². The van der Waals surface area contributed by atoms with Crippen LogP contribution in [0.15, 0.2) is 46.8 Å². The van der Waals surface area contributed by atoms with Gasteiger partial charge < -0.3 is 4.98 Å². The molecule has 0 aliphatic heterocycles. The molecule has 1 N–H and O–H groups in total. The highest BCUT2D eigenvalue weighted by Crippen LogP contribution is 2.51. The van der Waals surface area contributed by atoms with E-state index in [0.29, 0.717) is 10.8 Å². The number of para-hydroxylation sites is 1. The minimum absolute atomic E-state index is 0.0618. The van der Waals surface area contributed by atoms with Crippen molar-refractivity contribution in [3.8, 4) is 0 Å². The molecule has 1 aromatic carbocycles. The van der Waals surface area contributed by atoms with Gasteiger partial charge in [0.25, 0.3) is 10.0 Å². The first-order chi connectivity index (χ1) is 11.4. The molecule has 24 heavy (non-hydrogen) atoms. The Morgan fingerprint density at radius 2 is 1.96 bits per heavy atom. The van der Waals surface area contributed by atoms with Crippen molar-refractivity contribution >= 4 is 32.3 Å². The number of hydrogen-bond donors (Lipinski definition) is 1. The first-order valence-corrected chi connectivity index (χ1v) is 10.3. The largest absolute Gasteiger partial charge is 0.361 e. The smallest absolute Gasteiger partial charge is 0.252 e. The Hall–Kier alpha value is -1.63. The lowest BCUT2D eigenvalue weighted by Crippen LogP contribution is -2.34. The number of rotatable bonds is 5. The summed E-state index contributed by atoms with van der Waals surface area (Å²) in [6.07, 6.45) is 4.10. The van der Waals surface area contributed by atoms with Gasteiger partial charge in [0.1, 0.15) is 4.21 Å². The predicted octanol–water partition coefficient (Wildman–Crippen LogP) is 3.89. The fourth-order valence-electron chi connectivity index (χ4n) is 3.39. The fourth-order valence-corrected chi connectivity index (χ4v) is 6.14. The average molecular weight is 361 g/mol. The first-order valence-electron chi connectivity index (χ1n) is 8.02. The number of nitrogens with zero attached hydrogens (tertiary/aromatic N) is 1. The van der Waals surface area contributed by atoms with E-state index in [-0.39, 0.29) is 5.41 Å². The number of sulfonamides is 1. The molecule has 0 unspecified atom stereocenters. The summed E-state index contributed by atoms with van der Waals surface area (Å²) in [7, 11) is -1.72.